The fraction of sp³-hybridized carbons (Fsp3) is 0.714. The van der Waals surface area contributed by atoms with Crippen molar-refractivity contribution in [2.45, 2.75) is 83.6 Å². The predicted molar refractivity (Wildman–Crippen MR) is 108 cm³/mol. The van der Waals surface area contributed by atoms with Crippen molar-refractivity contribution >= 4 is 11.0 Å². The molecule has 0 amide bonds. The van der Waals surface area contributed by atoms with Crippen molar-refractivity contribution in [3.8, 4) is 0 Å². The molecule has 0 aliphatic carbocycles. The number of aryl methyl sites for hydroxylation is 1. The molecule has 0 saturated carbocycles. The summed E-state index contributed by atoms with van der Waals surface area (Å²) in [6, 6.07) is 2.11. The van der Waals surface area contributed by atoms with Gasteiger partial charge in [0.1, 0.15) is 11.5 Å². The molecule has 6 nitrogen and oxygen atoms in total. The third kappa shape index (κ3) is 4.33. The molecule has 3 atom stereocenters. The van der Waals surface area contributed by atoms with Gasteiger partial charge in [-0.1, -0.05) is 20.8 Å². The van der Waals surface area contributed by atoms with Crippen LogP contribution in [0.15, 0.2) is 12.3 Å². The van der Waals surface area contributed by atoms with E-state index in [1.54, 1.807) is 0 Å². The summed E-state index contributed by atoms with van der Waals surface area (Å²) >= 11 is 0. The molecule has 27 heavy (non-hydrogen) atoms. The highest BCUT2D eigenvalue weighted by Gasteiger charge is 2.30. The first-order valence-corrected chi connectivity index (χ1v) is 10.1. The maximum atomic E-state index is 9.89. The molecule has 1 aliphatic rings. The number of aliphatic hydroxyl groups excluding tert-OH is 1. The quantitative estimate of drug-likeness (QED) is 0.860. The molecule has 150 valence electrons. The maximum absolute atomic E-state index is 9.89. The summed E-state index contributed by atoms with van der Waals surface area (Å²) in [6.45, 7) is 10.8. The van der Waals surface area contributed by atoms with Gasteiger partial charge in [0.15, 0.2) is 0 Å². The molecule has 1 unspecified atom stereocenters. The lowest BCUT2D eigenvalue weighted by Crippen LogP contribution is -2.45. The van der Waals surface area contributed by atoms with E-state index in [0.29, 0.717) is 0 Å². The topological polar surface area (TPSA) is 72.2 Å². The summed E-state index contributed by atoms with van der Waals surface area (Å²) < 4.78 is 8.19. The second kappa shape index (κ2) is 7.86. The first-order chi connectivity index (χ1) is 12.7. The van der Waals surface area contributed by atoms with E-state index >= 15 is 0 Å². The van der Waals surface area contributed by atoms with E-state index in [1.807, 2.05) is 20.0 Å². The fourth-order valence-corrected chi connectivity index (χ4v) is 4.07. The van der Waals surface area contributed by atoms with Crippen LogP contribution >= 0.6 is 0 Å². The van der Waals surface area contributed by atoms with Crippen LogP contribution in [0.4, 0.5) is 0 Å². The average Bonchev–Trinajstić information content (AvgIpc) is 2.80. The SMILES string of the molecule is CC(C)O[C@@H]1CCCC(c2ncc3cc(C(C)(C)C)n(C)c3n2)N[C@H]1CO. The Hall–Kier alpha value is -1.50. The van der Waals surface area contributed by atoms with Crippen molar-refractivity contribution in [2.24, 2.45) is 7.05 Å². The van der Waals surface area contributed by atoms with E-state index in [-0.39, 0.29) is 36.3 Å². The van der Waals surface area contributed by atoms with Crippen molar-refractivity contribution in [1.82, 2.24) is 19.9 Å². The van der Waals surface area contributed by atoms with Gasteiger partial charge >= 0.3 is 0 Å². The van der Waals surface area contributed by atoms with E-state index in [0.717, 1.165) is 36.1 Å². The Balaban J connectivity index is 1.89. The second-order valence-corrected chi connectivity index (χ2v) is 9.01. The van der Waals surface area contributed by atoms with Gasteiger partial charge < -0.3 is 14.4 Å². The molecule has 0 aromatic carbocycles. The van der Waals surface area contributed by atoms with Gasteiger partial charge in [0.2, 0.25) is 0 Å². The smallest absolute Gasteiger partial charge is 0.147 e. The van der Waals surface area contributed by atoms with Crippen LogP contribution in [0, 0.1) is 0 Å². The van der Waals surface area contributed by atoms with Crippen LogP contribution in [-0.4, -0.2) is 44.5 Å². The highest BCUT2D eigenvalue weighted by atomic mass is 16.5. The van der Waals surface area contributed by atoms with Crippen molar-refractivity contribution in [3.63, 3.8) is 0 Å². The molecule has 2 aromatic rings. The lowest BCUT2D eigenvalue weighted by molar-refractivity contribution is -0.0268. The van der Waals surface area contributed by atoms with Crippen LogP contribution in [0.2, 0.25) is 0 Å². The number of aromatic nitrogens is 3. The Bertz CT molecular complexity index is 778. The number of rotatable bonds is 4. The van der Waals surface area contributed by atoms with Crippen LogP contribution in [-0.2, 0) is 17.2 Å². The van der Waals surface area contributed by atoms with E-state index < -0.39 is 0 Å². The minimum Gasteiger partial charge on any atom is -0.395 e. The molecule has 1 saturated heterocycles. The molecule has 1 fully saturated rings. The van der Waals surface area contributed by atoms with Gasteiger partial charge in [-0.05, 0) is 39.2 Å². The Morgan fingerprint density at radius 3 is 2.70 bits per heavy atom. The van der Waals surface area contributed by atoms with Crippen LogP contribution in [0.25, 0.3) is 11.0 Å². The number of nitrogens with zero attached hydrogens (tertiary/aromatic N) is 3. The highest BCUT2D eigenvalue weighted by Crippen LogP contribution is 2.29. The summed E-state index contributed by atoms with van der Waals surface area (Å²) in [6.07, 6.45) is 4.99. The lowest BCUT2D eigenvalue weighted by atomic mass is 9.92. The van der Waals surface area contributed by atoms with E-state index in [1.165, 1.54) is 5.69 Å². The fourth-order valence-electron chi connectivity index (χ4n) is 4.07. The van der Waals surface area contributed by atoms with Crippen molar-refractivity contribution in [2.75, 3.05) is 6.61 Å². The zero-order chi connectivity index (χ0) is 19.8. The van der Waals surface area contributed by atoms with Crippen LogP contribution in [0.3, 0.4) is 0 Å². The normalized spacial score (nSPS) is 24.5. The number of ether oxygens (including phenoxy) is 1. The van der Waals surface area contributed by atoms with Crippen molar-refractivity contribution in [1.29, 1.82) is 0 Å². The molecule has 6 heteroatoms. The van der Waals surface area contributed by atoms with Gasteiger partial charge in [-0.15, -0.1) is 0 Å². The third-order valence-electron chi connectivity index (χ3n) is 5.36. The third-order valence-corrected chi connectivity index (χ3v) is 5.36. The zero-order valence-electron chi connectivity index (χ0n) is 17.5. The van der Waals surface area contributed by atoms with Crippen molar-refractivity contribution in [3.05, 3.63) is 23.8 Å². The molecule has 2 N–H and O–H groups in total. The molecule has 1 aliphatic heterocycles. The van der Waals surface area contributed by atoms with Crippen LogP contribution < -0.4 is 5.32 Å². The number of aliphatic hydroxyl groups is 1. The summed E-state index contributed by atoms with van der Waals surface area (Å²) in [5.74, 6) is 0.799. The highest BCUT2D eigenvalue weighted by molar-refractivity contribution is 5.77. The second-order valence-electron chi connectivity index (χ2n) is 9.01. The first kappa shape index (κ1) is 20.2. The molecule has 0 radical (unpaired) electrons. The zero-order valence-corrected chi connectivity index (χ0v) is 17.5. The molecule has 3 heterocycles. The largest absolute Gasteiger partial charge is 0.395 e. The Morgan fingerprint density at radius 1 is 1.33 bits per heavy atom. The molecule has 2 aromatic heterocycles. The Kier molecular flexibility index (Phi) is 5.89. The van der Waals surface area contributed by atoms with E-state index in [2.05, 4.69) is 48.8 Å². The van der Waals surface area contributed by atoms with Gasteiger partial charge in [-0.2, -0.15) is 0 Å². The molecular formula is C21H34N4O2. The molecule has 3 rings (SSSR count). The lowest BCUT2D eigenvalue weighted by Gasteiger charge is -2.28. The Morgan fingerprint density at radius 2 is 2.07 bits per heavy atom. The summed E-state index contributed by atoms with van der Waals surface area (Å²) in [4.78, 5) is 9.55. The number of hydrogen-bond donors (Lipinski definition) is 2. The maximum Gasteiger partial charge on any atom is 0.147 e. The Labute approximate surface area is 162 Å². The summed E-state index contributed by atoms with van der Waals surface area (Å²) in [5, 5.41) is 14.5. The van der Waals surface area contributed by atoms with Gasteiger partial charge in [0, 0.05) is 29.7 Å². The first-order valence-electron chi connectivity index (χ1n) is 10.1. The van der Waals surface area contributed by atoms with Crippen molar-refractivity contribution < 1.29 is 9.84 Å². The number of hydrogen-bond acceptors (Lipinski definition) is 5. The van der Waals surface area contributed by atoms with Crippen LogP contribution in [0.5, 0.6) is 0 Å². The minimum absolute atomic E-state index is 0.0197. The minimum atomic E-state index is -0.0993. The van der Waals surface area contributed by atoms with E-state index in [4.69, 9.17) is 9.72 Å². The summed E-state index contributed by atoms with van der Waals surface area (Å²) in [7, 11) is 2.07. The van der Waals surface area contributed by atoms with Crippen LogP contribution in [0.1, 0.15) is 71.4 Å². The number of nitrogens with one attached hydrogen (secondary N) is 1. The van der Waals surface area contributed by atoms with Gasteiger partial charge in [-0.25, -0.2) is 9.97 Å². The van der Waals surface area contributed by atoms with E-state index in [9.17, 15) is 5.11 Å². The molecule has 0 spiro atoms. The van der Waals surface area contributed by atoms with Gasteiger partial charge in [0.05, 0.1) is 30.9 Å². The predicted octanol–water partition coefficient (Wildman–Crippen LogP) is 3.23. The molecular weight excluding hydrogens is 340 g/mol. The van der Waals surface area contributed by atoms with Gasteiger partial charge in [-0.3, -0.25) is 5.32 Å². The van der Waals surface area contributed by atoms with Gasteiger partial charge in [0.25, 0.3) is 0 Å². The summed E-state index contributed by atoms with van der Waals surface area (Å²) in [5.41, 5.74) is 2.27. The molecule has 0 bridgehead atoms. The monoisotopic (exact) mass is 374 g/mol. The average molecular weight is 375 g/mol. The number of fused-ring (bicyclic) bond motifs is 1. The standard InChI is InChI=1S/C21H34N4O2/c1-13(2)27-17-9-7-8-15(23-16(17)12-26)19-22-11-14-10-18(21(3,4)5)25(6)20(14)24-19/h10-11,13,15-17,23,26H,7-9,12H2,1-6H3/t15?,16-,17+/m0/s1.